The van der Waals surface area contributed by atoms with Crippen molar-refractivity contribution in [3.63, 3.8) is 0 Å². The number of hydrogen-bond acceptors (Lipinski definition) is 6. The van der Waals surface area contributed by atoms with Gasteiger partial charge in [0, 0.05) is 26.2 Å². The minimum atomic E-state index is -3.21. The van der Waals surface area contributed by atoms with E-state index in [9.17, 15) is 13.2 Å². The maximum absolute atomic E-state index is 11.5. The van der Waals surface area contributed by atoms with E-state index in [0.29, 0.717) is 19.7 Å². The van der Waals surface area contributed by atoms with Gasteiger partial charge < -0.3 is 20.1 Å². The topological polar surface area (TPSA) is 106 Å². The molecule has 0 aliphatic carbocycles. The molecule has 0 bridgehead atoms. The molecule has 1 amide bonds. The van der Waals surface area contributed by atoms with Crippen LogP contribution in [0.15, 0.2) is 0 Å². The lowest BCUT2D eigenvalue weighted by Crippen LogP contribution is -2.39. The Hall–Kier alpha value is -0.900. The second-order valence-electron chi connectivity index (χ2n) is 6.20. The molecule has 8 nitrogen and oxygen atoms in total. The van der Waals surface area contributed by atoms with Gasteiger partial charge in [0.05, 0.1) is 12.4 Å². The minimum Gasteiger partial charge on any atom is -0.444 e. The Kier molecular flexibility index (Phi) is 10.4. The molecule has 0 spiro atoms. The third-order valence-corrected chi connectivity index (χ3v) is 4.24. The Bertz CT molecular complexity index is 434. The van der Waals surface area contributed by atoms with Crippen LogP contribution in [0.25, 0.3) is 0 Å². The Morgan fingerprint density at radius 1 is 1.22 bits per heavy atom. The predicted octanol–water partition coefficient (Wildman–Crippen LogP) is 0.445. The molecule has 0 rings (SSSR count). The number of carbonyl (C=O) groups is 1. The third-order valence-electron chi connectivity index (χ3n) is 2.88. The van der Waals surface area contributed by atoms with Gasteiger partial charge in [0.25, 0.3) is 0 Å². The van der Waals surface area contributed by atoms with Gasteiger partial charge in [-0.3, -0.25) is 0 Å². The molecule has 1 atom stereocenters. The van der Waals surface area contributed by atoms with Crippen molar-refractivity contribution >= 4 is 16.1 Å². The van der Waals surface area contributed by atoms with Crippen molar-refractivity contribution < 1.29 is 22.7 Å². The zero-order chi connectivity index (χ0) is 17.9. The van der Waals surface area contributed by atoms with Gasteiger partial charge >= 0.3 is 6.09 Å². The average Bonchev–Trinajstić information content (AvgIpc) is 2.41. The Balaban J connectivity index is 3.98. The average molecular weight is 353 g/mol. The number of alkyl carbamates (subject to hydrolysis) is 1. The maximum atomic E-state index is 11.5. The van der Waals surface area contributed by atoms with Crippen LogP contribution in [0.5, 0.6) is 0 Å². The van der Waals surface area contributed by atoms with Crippen molar-refractivity contribution in [1.82, 2.24) is 15.4 Å². The van der Waals surface area contributed by atoms with Gasteiger partial charge in [-0.1, -0.05) is 0 Å². The van der Waals surface area contributed by atoms with E-state index in [1.807, 2.05) is 20.8 Å². The highest BCUT2D eigenvalue weighted by Gasteiger charge is 2.16. The number of amides is 1. The number of sulfonamides is 1. The number of methoxy groups -OCH3 is 1. The molecule has 0 heterocycles. The zero-order valence-electron chi connectivity index (χ0n) is 14.8. The second kappa shape index (κ2) is 10.8. The summed E-state index contributed by atoms with van der Waals surface area (Å²) in [5, 5.41) is 5.84. The summed E-state index contributed by atoms with van der Waals surface area (Å²) >= 11 is 0. The van der Waals surface area contributed by atoms with Gasteiger partial charge in [0.1, 0.15) is 5.60 Å². The summed E-state index contributed by atoms with van der Waals surface area (Å²) in [7, 11) is -0.222. The van der Waals surface area contributed by atoms with E-state index >= 15 is 0 Å². The first-order chi connectivity index (χ1) is 10.6. The summed E-state index contributed by atoms with van der Waals surface area (Å²) in [6.07, 6.45) is 1.05. The number of nitrogens with one attached hydrogen (secondary N) is 3. The first-order valence-electron chi connectivity index (χ1n) is 7.70. The van der Waals surface area contributed by atoms with Crippen molar-refractivity contribution in [3.8, 4) is 0 Å². The van der Waals surface area contributed by atoms with Crippen LogP contribution in [-0.4, -0.2) is 65.8 Å². The molecule has 0 aromatic carbocycles. The van der Waals surface area contributed by atoms with Crippen LogP contribution in [0, 0.1) is 0 Å². The summed E-state index contributed by atoms with van der Waals surface area (Å²) in [4.78, 5) is 11.5. The Morgan fingerprint density at radius 2 is 1.87 bits per heavy atom. The molecule has 0 aromatic heterocycles. The van der Waals surface area contributed by atoms with Crippen LogP contribution >= 0.6 is 0 Å². The summed E-state index contributed by atoms with van der Waals surface area (Å²) < 4.78 is 35.2. The monoisotopic (exact) mass is 353 g/mol. The van der Waals surface area contributed by atoms with Gasteiger partial charge in [-0.15, -0.1) is 0 Å². The Labute approximate surface area is 139 Å². The van der Waals surface area contributed by atoms with Gasteiger partial charge in [0.2, 0.25) is 10.0 Å². The van der Waals surface area contributed by atoms with Gasteiger partial charge in [0.15, 0.2) is 0 Å². The van der Waals surface area contributed by atoms with Crippen LogP contribution in [-0.2, 0) is 19.5 Å². The zero-order valence-corrected chi connectivity index (χ0v) is 15.6. The molecular formula is C14H31N3O5S. The summed E-state index contributed by atoms with van der Waals surface area (Å²) in [6, 6.07) is 0.0347. The molecule has 0 fully saturated rings. The highest BCUT2D eigenvalue weighted by atomic mass is 32.2. The lowest BCUT2D eigenvalue weighted by molar-refractivity contribution is 0.0526. The molecule has 3 N–H and O–H groups in total. The first kappa shape index (κ1) is 22.1. The highest BCUT2D eigenvalue weighted by molar-refractivity contribution is 7.89. The maximum Gasteiger partial charge on any atom is 0.407 e. The van der Waals surface area contributed by atoms with Crippen LogP contribution < -0.4 is 15.4 Å². The van der Waals surface area contributed by atoms with Gasteiger partial charge in [-0.25, -0.2) is 17.9 Å². The molecule has 9 heteroatoms. The highest BCUT2D eigenvalue weighted by Crippen LogP contribution is 2.06. The molecule has 0 aromatic rings. The van der Waals surface area contributed by atoms with E-state index in [4.69, 9.17) is 9.47 Å². The summed E-state index contributed by atoms with van der Waals surface area (Å²) in [6.45, 7) is 6.74. The fourth-order valence-electron chi connectivity index (χ4n) is 1.80. The summed E-state index contributed by atoms with van der Waals surface area (Å²) in [5.41, 5.74) is -0.511. The van der Waals surface area contributed by atoms with Gasteiger partial charge in [-0.05, 0) is 40.7 Å². The fourth-order valence-corrected chi connectivity index (χ4v) is 2.39. The quantitative estimate of drug-likeness (QED) is 0.466. The molecule has 0 radical (unpaired) electrons. The van der Waals surface area contributed by atoms with Crippen LogP contribution in [0.1, 0.15) is 33.6 Å². The molecule has 0 saturated carbocycles. The largest absolute Gasteiger partial charge is 0.444 e. The normalized spacial score (nSPS) is 13.6. The van der Waals surface area contributed by atoms with E-state index in [-0.39, 0.29) is 11.8 Å². The lowest BCUT2D eigenvalue weighted by atomic mass is 10.1. The lowest BCUT2D eigenvalue weighted by Gasteiger charge is -2.20. The van der Waals surface area contributed by atoms with E-state index in [1.54, 1.807) is 7.11 Å². The molecule has 0 aliphatic heterocycles. The SMILES string of the molecule is CNS(=O)(=O)CCNC(CCCNC(=O)OC(C)(C)C)COC. The Morgan fingerprint density at radius 3 is 2.39 bits per heavy atom. The van der Waals surface area contributed by atoms with Crippen molar-refractivity contribution in [2.75, 3.05) is 39.6 Å². The third kappa shape index (κ3) is 13.3. The number of carbonyl (C=O) groups excluding carboxylic acids is 1. The number of rotatable bonds is 11. The standard InChI is InChI=1S/C14H31N3O5S/c1-14(2,3)22-13(18)17-8-6-7-12(11-21-5)16-9-10-23(19,20)15-4/h12,15-16H,6-11H2,1-5H3,(H,17,18). The fraction of sp³-hybridized carbons (Fsp3) is 0.929. The molecule has 138 valence electrons. The van der Waals surface area contributed by atoms with Crippen molar-refractivity contribution in [1.29, 1.82) is 0 Å². The molecule has 0 aliphatic rings. The van der Waals surface area contributed by atoms with Crippen molar-refractivity contribution in [2.24, 2.45) is 0 Å². The van der Waals surface area contributed by atoms with E-state index in [0.717, 1.165) is 12.8 Å². The van der Waals surface area contributed by atoms with E-state index in [1.165, 1.54) is 7.05 Å². The molecule has 23 heavy (non-hydrogen) atoms. The van der Waals surface area contributed by atoms with Crippen LogP contribution in [0.4, 0.5) is 4.79 Å². The predicted molar refractivity (Wildman–Crippen MR) is 90.0 cm³/mol. The van der Waals surface area contributed by atoms with Gasteiger partial charge in [-0.2, -0.15) is 0 Å². The second-order valence-corrected chi connectivity index (χ2v) is 8.25. The van der Waals surface area contributed by atoms with Crippen molar-refractivity contribution in [2.45, 2.75) is 45.3 Å². The molecular weight excluding hydrogens is 322 g/mol. The minimum absolute atomic E-state index is 0.0138. The summed E-state index contributed by atoms with van der Waals surface area (Å²) in [5.74, 6) is 0.0138. The van der Waals surface area contributed by atoms with Crippen LogP contribution in [0.2, 0.25) is 0 Å². The van der Waals surface area contributed by atoms with E-state index < -0.39 is 21.7 Å². The number of ether oxygens (including phenoxy) is 2. The van der Waals surface area contributed by atoms with Crippen LogP contribution in [0.3, 0.4) is 0 Å². The van der Waals surface area contributed by atoms with E-state index in [2.05, 4.69) is 15.4 Å². The molecule has 0 saturated heterocycles. The first-order valence-corrected chi connectivity index (χ1v) is 9.35. The smallest absolute Gasteiger partial charge is 0.407 e. The molecule has 1 unspecified atom stereocenters. The van der Waals surface area contributed by atoms with Crippen molar-refractivity contribution in [3.05, 3.63) is 0 Å². The number of hydrogen-bond donors (Lipinski definition) is 3.